The predicted molar refractivity (Wildman–Crippen MR) is 58.5 cm³/mol. The Morgan fingerprint density at radius 2 is 2.35 bits per heavy atom. The zero-order valence-electron chi connectivity index (χ0n) is 8.78. The van der Waals surface area contributed by atoms with Gasteiger partial charge in [0.1, 0.15) is 12.2 Å². The van der Waals surface area contributed by atoms with Crippen LogP contribution >= 0.6 is 0 Å². The number of carboxylic acid groups (broad SMARTS) is 1. The van der Waals surface area contributed by atoms with Crippen LogP contribution in [0.25, 0.3) is 11.3 Å². The number of aldehydes is 1. The van der Waals surface area contributed by atoms with Gasteiger partial charge in [0.15, 0.2) is 6.29 Å². The quantitative estimate of drug-likeness (QED) is 0.788. The van der Waals surface area contributed by atoms with E-state index in [0.29, 0.717) is 23.1 Å². The summed E-state index contributed by atoms with van der Waals surface area (Å²) in [6.07, 6.45) is 5.23. The van der Waals surface area contributed by atoms with E-state index in [4.69, 9.17) is 5.11 Å². The van der Waals surface area contributed by atoms with E-state index in [-0.39, 0.29) is 6.54 Å². The maximum absolute atomic E-state index is 10.9. The molecule has 0 spiro atoms. The van der Waals surface area contributed by atoms with Crippen molar-refractivity contribution in [2.75, 3.05) is 0 Å². The topological polar surface area (TPSA) is 85.1 Å². The zero-order valence-corrected chi connectivity index (χ0v) is 8.78. The van der Waals surface area contributed by atoms with E-state index >= 15 is 0 Å². The van der Waals surface area contributed by atoms with Crippen molar-refractivity contribution in [2.24, 2.45) is 0 Å². The van der Waals surface area contributed by atoms with E-state index in [0.717, 1.165) is 0 Å². The van der Waals surface area contributed by atoms with Gasteiger partial charge in [0, 0.05) is 24.2 Å². The molecule has 6 nitrogen and oxygen atoms in total. The van der Waals surface area contributed by atoms with Crippen LogP contribution in [0.15, 0.2) is 30.7 Å². The number of nitrogens with zero attached hydrogens (tertiary/aromatic N) is 3. The summed E-state index contributed by atoms with van der Waals surface area (Å²) < 4.78 is 1.22. The van der Waals surface area contributed by atoms with E-state index in [2.05, 4.69) is 10.1 Å². The second-order valence-electron chi connectivity index (χ2n) is 3.38. The molecule has 2 rings (SSSR count). The van der Waals surface area contributed by atoms with Gasteiger partial charge in [-0.1, -0.05) is 0 Å². The van der Waals surface area contributed by atoms with Crippen molar-refractivity contribution < 1.29 is 14.7 Å². The third kappa shape index (κ3) is 2.36. The first kappa shape index (κ1) is 11.0. The molecule has 0 saturated heterocycles. The minimum Gasteiger partial charge on any atom is -0.480 e. The summed E-state index contributed by atoms with van der Waals surface area (Å²) in [7, 11) is 0. The number of hydrogen-bond donors (Lipinski definition) is 1. The van der Waals surface area contributed by atoms with Crippen molar-refractivity contribution in [1.82, 2.24) is 14.8 Å². The van der Waals surface area contributed by atoms with E-state index < -0.39 is 5.97 Å². The first-order valence-corrected chi connectivity index (χ1v) is 4.85. The summed E-state index contributed by atoms with van der Waals surface area (Å²) in [4.78, 5) is 25.4. The molecule has 2 heterocycles. The normalized spacial score (nSPS) is 10.1. The molecule has 1 N–H and O–H groups in total. The van der Waals surface area contributed by atoms with Gasteiger partial charge in [-0.15, -0.1) is 0 Å². The van der Waals surface area contributed by atoms with Crippen molar-refractivity contribution in [3.05, 3.63) is 36.3 Å². The highest BCUT2D eigenvalue weighted by Gasteiger charge is 2.11. The highest BCUT2D eigenvalue weighted by atomic mass is 16.4. The molecule has 86 valence electrons. The summed E-state index contributed by atoms with van der Waals surface area (Å²) in [6, 6.07) is 3.48. The molecule has 0 aliphatic rings. The Kier molecular flexibility index (Phi) is 2.95. The van der Waals surface area contributed by atoms with Gasteiger partial charge in [-0.25, -0.2) is 0 Å². The highest BCUT2D eigenvalue weighted by Crippen LogP contribution is 2.19. The second-order valence-corrected chi connectivity index (χ2v) is 3.38. The number of rotatable bonds is 4. The first-order chi connectivity index (χ1) is 8.20. The van der Waals surface area contributed by atoms with E-state index in [1.165, 1.54) is 10.9 Å². The average Bonchev–Trinajstić information content (AvgIpc) is 2.72. The Bertz CT molecular complexity index is 548. The van der Waals surface area contributed by atoms with Crippen LogP contribution in [0.2, 0.25) is 0 Å². The molecule has 0 aromatic carbocycles. The predicted octanol–water partition coefficient (Wildman–Crippen LogP) is 0.842. The number of carboxylic acids is 1. The summed E-state index contributed by atoms with van der Waals surface area (Å²) in [5, 5.41) is 12.7. The lowest BCUT2D eigenvalue weighted by Gasteiger charge is -1.96. The van der Waals surface area contributed by atoms with Crippen LogP contribution in [-0.4, -0.2) is 32.1 Å². The fourth-order valence-corrected chi connectivity index (χ4v) is 1.47. The SMILES string of the molecule is O=Cc1cn(CC(=O)O)nc1-c1cccnc1. The van der Waals surface area contributed by atoms with Crippen molar-refractivity contribution in [3.63, 3.8) is 0 Å². The molecule has 0 aliphatic heterocycles. The molecule has 2 aromatic heterocycles. The molecule has 0 saturated carbocycles. The fourth-order valence-electron chi connectivity index (χ4n) is 1.47. The van der Waals surface area contributed by atoms with E-state index in [1.54, 1.807) is 24.5 Å². The monoisotopic (exact) mass is 231 g/mol. The summed E-state index contributed by atoms with van der Waals surface area (Å²) in [5.41, 5.74) is 1.47. The Labute approximate surface area is 96.5 Å². The Hall–Kier alpha value is -2.50. The van der Waals surface area contributed by atoms with Gasteiger partial charge in [-0.05, 0) is 12.1 Å². The van der Waals surface area contributed by atoms with Gasteiger partial charge >= 0.3 is 5.97 Å². The van der Waals surface area contributed by atoms with Gasteiger partial charge < -0.3 is 5.11 Å². The number of carbonyl (C=O) groups excluding carboxylic acids is 1. The van der Waals surface area contributed by atoms with E-state index in [9.17, 15) is 9.59 Å². The Morgan fingerprint density at radius 3 is 2.94 bits per heavy atom. The molecule has 6 heteroatoms. The molecular weight excluding hydrogens is 222 g/mol. The van der Waals surface area contributed by atoms with Crippen molar-refractivity contribution in [3.8, 4) is 11.3 Å². The summed E-state index contributed by atoms with van der Waals surface area (Å²) >= 11 is 0. The van der Waals surface area contributed by atoms with Crippen LogP contribution < -0.4 is 0 Å². The van der Waals surface area contributed by atoms with Gasteiger partial charge in [0.05, 0.1) is 5.56 Å². The maximum Gasteiger partial charge on any atom is 0.325 e. The average molecular weight is 231 g/mol. The summed E-state index contributed by atoms with van der Waals surface area (Å²) in [5.74, 6) is -1.01. The fraction of sp³-hybridized carbons (Fsp3) is 0.0909. The number of hydrogen-bond acceptors (Lipinski definition) is 4. The zero-order chi connectivity index (χ0) is 12.3. The molecule has 0 radical (unpaired) electrons. The molecule has 17 heavy (non-hydrogen) atoms. The second kappa shape index (κ2) is 4.56. The molecule has 0 atom stereocenters. The lowest BCUT2D eigenvalue weighted by molar-refractivity contribution is -0.137. The lowest BCUT2D eigenvalue weighted by atomic mass is 10.1. The maximum atomic E-state index is 10.9. The standard InChI is InChI=1S/C11H9N3O3/c15-7-9-5-14(6-10(16)17)13-11(9)8-2-1-3-12-4-8/h1-5,7H,6H2,(H,16,17). The Balaban J connectivity index is 2.43. The molecule has 0 fully saturated rings. The molecule has 0 amide bonds. The van der Waals surface area contributed by atoms with Crippen LogP contribution in [0.5, 0.6) is 0 Å². The lowest BCUT2D eigenvalue weighted by Crippen LogP contribution is -2.08. The van der Waals surface area contributed by atoms with Crippen molar-refractivity contribution in [1.29, 1.82) is 0 Å². The number of pyridine rings is 1. The highest BCUT2D eigenvalue weighted by molar-refractivity contribution is 5.85. The third-order valence-corrected chi connectivity index (χ3v) is 2.15. The van der Waals surface area contributed by atoms with Gasteiger partial charge in [-0.3, -0.25) is 19.3 Å². The van der Waals surface area contributed by atoms with Crippen molar-refractivity contribution >= 4 is 12.3 Å². The summed E-state index contributed by atoms with van der Waals surface area (Å²) in [6.45, 7) is -0.277. The minimum absolute atomic E-state index is 0.277. The van der Waals surface area contributed by atoms with Crippen LogP contribution in [-0.2, 0) is 11.3 Å². The number of aromatic nitrogens is 3. The van der Waals surface area contributed by atoms with Crippen LogP contribution in [0, 0.1) is 0 Å². The van der Waals surface area contributed by atoms with Crippen LogP contribution in [0.3, 0.4) is 0 Å². The third-order valence-electron chi connectivity index (χ3n) is 2.15. The van der Waals surface area contributed by atoms with Crippen LogP contribution in [0.1, 0.15) is 10.4 Å². The smallest absolute Gasteiger partial charge is 0.325 e. The van der Waals surface area contributed by atoms with Crippen LogP contribution in [0.4, 0.5) is 0 Å². The minimum atomic E-state index is -1.01. The van der Waals surface area contributed by atoms with E-state index in [1.807, 2.05) is 0 Å². The first-order valence-electron chi connectivity index (χ1n) is 4.85. The number of aliphatic carboxylic acids is 1. The van der Waals surface area contributed by atoms with Gasteiger partial charge in [0.25, 0.3) is 0 Å². The number of carbonyl (C=O) groups is 2. The van der Waals surface area contributed by atoms with Gasteiger partial charge in [0.2, 0.25) is 0 Å². The molecule has 2 aromatic rings. The Morgan fingerprint density at radius 1 is 1.53 bits per heavy atom. The molecule has 0 bridgehead atoms. The molecule has 0 unspecified atom stereocenters. The van der Waals surface area contributed by atoms with Gasteiger partial charge in [-0.2, -0.15) is 5.10 Å². The molecule has 0 aliphatic carbocycles. The molecular formula is C11H9N3O3. The van der Waals surface area contributed by atoms with Crippen molar-refractivity contribution in [2.45, 2.75) is 6.54 Å². The largest absolute Gasteiger partial charge is 0.480 e.